The normalized spacial score (nSPS) is 15.0. The van der Waals surface area contributed by atoms with E-state index in [1.54, 1.807) is 6.07 Å². The smallest absolute Gasteiger partial charge is 0.420 e. The Morgan fingerprint density at radius 2 is 2.00 bits per heavy atom. The number of carbonyl (C=O) groups excluding carboxylic acids is 1. The number of phenols is 1. The van der Waals surface area contributed by atoms with Gasteiger partial charge in [-0.3, -0.25) is 4.79 Å². The summed E-state index contributed by atoms with van der Waals surface area (Å²) in [7, 11) is 0. The number of ether oxygens (including phenoxy) is 1. The molecule has 11 heteroatoms. The first kappa shape index (κ1) is 22.2. The van der Waals surface area contributed by atoms with Crippen molar-refractivity contribution in [1.29, 1.82) is 5.26 Å². The highest BCUT2D eigenvalue weighted by Crippen LogP contribution is 2.41. The van der Waals surface area contributed by atoms with E-state index in [-0.39, 0.29) is 11.3 Å². The molecule has 4 N–H and O–H groups in total. The van der Waals surface area contributed by atoms with Crippen molar-refractivity contribution in [3.63, 3.8) is 0 Å². The number of amidine groups is 1. The van der Waals surface area contributed by atoms with Crippen LogP contribution in [0.15, 0.2) is 46.3 Å². The minimum atomic E-state index is -4.75. The van der Waals surface area contributed by atoms with E-state index >= 15 is 0 Å². The molecule has 0 radical (unpaired) electrons. The van der Waals surface area contributed by atoms with Crippen LogP contribution in [0.2, 0.25) is 0 Å². The summed E-state index contributed by atoms with van der Waals surface area (Å²) in [6.07, 6.45) is -3.27. The van der Waals surface area contributed by atoms with Crippen molar-refractivity contribution in [2.75, 3.05) is 13.1 Å². The number of nitriles is 1. The Morgan fingerprint density at radius 1 is 1.26 bits per heavy atom. The molecular formula is C20H15F3N4O3S. The molecule has 0 atom stereocenters. The molecule has 0 aromatic heterocycles. The minimum Gasteiger partial charge on any atom is -0.504 e. The van der Waals surface area contributed by atoms with Gasteiger partial charge in [-0.25, -0.2) is 0 Å². The van der Waals surface area contributed by atoms with Crippen molar-refractivity contribution in [2.24, 2.45) is 10.7 Å². The van der Waals surface area contributed by atoms with Crippen LogP contribution in [0, 0.1) is 11.3 Å². The molecule has 0 spiro atoms. The summed E-state index contributed by atoms with van der Waals surface area (Å²) in [6, 6.07) is 8.50. The van der Waals surface area contributed by atoms with E-state index < -0.39 is 29.1 Å². The largest absolute Gasteiger partial charge is 0.504 e. The number of rotatable bonds is 5. The third-order valence-electron chi connectivity index (χ3n) is 3.96. The first-order valence-electron chi connectivity index (χ1n) is 8.80. The Balaban J connectivity index is 1.82. The summed E-state index contributed by atoms with van der Waals surface area (Å²) in [5, 5.41) is 22.4. The molecule has 1 heterocycles. The van der Waals surface area contributed by atoms with Crippen molar-refractivity contribution >= 4 is 28.9 Å². The lowest BCUT2D eigenvalue weighted by atomic mass is 10.1. The fraction of sp³-hybridized carbons (Fsp3) is 0.150. The van der Waals surface area contributed by atoms with E-state index in [2.05, 4.69) is 10.3 Å². The Labute approximate surface area is 179 Å². The topological polar surface area (TPSA) is 121 Å². The highest BCUT2D eigenvalue weighted by molar-refractivity contribution is 8.18. The number of aliphatic imine (C=N–C) groups is 1. The number of nitrogens with one attached hydrogen (secondary N) is 1. The van der Waals surface area contributed by atoms with Gasteiger partial charge in [-0.05, 0) is 53.7 Å². The quantitative estimate of drug-likeness (QED) is 0.598. The number of nitrogens with zero attached hydrogens (tertiary/aromatic N) is 2. The van der Waals surface area contributed by atoms with Crippen molar-refractivity contribution < 1.29 is 27.8 Å². The monoisotopic (exact) mass is 448 g/mol. The molecule has 160 valence electrons. The molecule has 0 aliphatic carbocycles. The van der Waals surface area contributed by atoms with Crippen LogP contribution in [-0.2, 0) is 11.0 Å². The maximum atomic E-state index is 13.3. The molecule has 0 fully saturated rings. The molecule has 31 heavy (non-hydrogen) atoms. The van der Waals surface area contributed by atoms with E-state index in [1.807, 2.05) is 0 Å². The number of phenolic OH excluding ortho intramolecular Hbond substituents is 1. The molecule has 1 aliphatic heterocycles. The molecule has 1 aliphatic rings. The predicted molar refractivity (Wildman–Crippen MR) is 109 cm³/mol. The molecule has 1 amide bonds. The Morgan fingerprint density at radius 3 is 2.65 bits per heavy atom. The zero-order valence-electron chi connectivity index (χ0n) is 15.7. The summed E-state index contributed by atoms with van der Waals surface area (Å²) >= 11 is 1.11. The van der Waals surface area contributed by atoms with Crippen LogP contribution in [0.25, 0.3) is 6.08 Å². The van der Waals surface area contributed by atoms with E-state index in [1.165, 1.54) is 30.3 Å². The number of hydrogen-bond acceptors (Lipinski definition) is 7. The lowest BCUT2D eigenvalue weighted by Crippen LogP contribution is -2.25. The second-order valence-corrected chi connectivity index (χ2v) is 7.23. The van der Waals surface area contributed by atoms with E-state index in [9.17, 15) is 23.1 Å². The van der Waals surface area contributed by atoms with Crippen LogP contribution in [0.3, 0.4) is 0 Å². The second kappa shape index (κ2) is 9.11. The average molecular weight is 448 g/mol. The fourth-order valence-electron chi connectivity index (χ4n) is 2.55. The minimum absolute atomic E-state index is 0.174. The van der Waals surface area contributed by atoms with E-state index in [0.29, 0.717) is 34.8 Å². The first-order valence-corrected chi connectivity index (χ1v) is 9.61. The maximum Gasteiger partial charge on any atom is 0.420 e. The number of hydrogen-bond donors (Lipinski definition) is 3. The predicted octanol–water partition coefficient (Wildman–Crippen LogP) is 3.59. The summed E-state index contributed by atoms with van der Waals surface area (Å²) in [4.78, 5) is 16.1. The zero-order chi connectivity index (χ0) is 22.6. The van der Waals surface area contributed by atoms with Gasteiger partial charge in [0, 0.05) is 13.1 Å². The lowest BCUT2D eigenvalue weighted by Gasteiger charge is -2.15. The fourth-order valence-corrected chi connectivity index (χ4v) is 3.39. The van der Waals surface area contributed by atoms with Crippen LogP contribution in [0.1, 0.15) is 16.7 Å². The highest BCUT2D eigenvalue weighted by Gasteiger charge is 2.35. The molecule has 0 saturated carbocycles. The number of benzene rings is 2. The van der Waals surface area contributed by atoms with Gasteiger partial charge >= 0.3 is 6.18 Å². The molecule has 0 unspecified atom stereocenters. The average Bonchev–Trinajstić information content (AvgIpc) is 3.07. The number of aromatic hydroxyl groups is 1. The Kier molecular flexibility index (Phi) is 6.53. The lowest BCUT2D eigenvalue weighted by molar-refractivity contribution is -0.138. The highest BCUT2D eigenvalue weighted by atomic mass is 32.2. The van der Waals surface area contributed by atoms with Gasteiger partial charge in [-0.2, -0.15) is 23.4 Å². The van der Waals surface area contributed by atoms with Gasteiger partial charge in [0.2, 0.25) is 0 Å². The summed E-state index contributed by atoms with van der Waals surface area (Å²) in [6.45, 7) is 0.825. The summed E-state index contributed by atoms with van der Waals surface area (Å²) < 4.78 is 45.1. The number of carbonyl (C=O) groups is 1. The molecule has 2 aromatic carbocycles. The Hall–Kier alpha value is -3.49. The maximum absolute atomic E-state index is 13.3. The van der Waals surface area contributed by atoms with Crippen LogP contribution < -0.4 is 15.8 Å². The van der Waals surface area contributed by atoms with Crippen LogP contribution in [0.5, 0.6) is 17.2 Å². The van der Waals surface area contributed by atoms with Crippen molar-refractivity contribution in [3.05, 3.63) is 58.0 Å². The number of thioether (sulfide) groups is 1. The zero-order valence-corrected chi connectivity index (χ0v) is 16.5. The molecule has 3 rings (SSSR count). The van der Waals surface area contributed by atoms with E-state index in [0.717, 1.165) is 17.8 Å². The third-order valence-corrected chi connectivity index (χ3v) is 4.90. The number of alkyl halides is 3. The first-order chi connectivity index (χ1) is 14.7. The van der Waals surface area contributed by atoms with Crippen molar-refractivity contribution in [2.45, 2.75) is 6.18 Å². The molecular weight excluding hydrogens is 433 g/mol. The van der Waals surface area contributed by atoms with Crippen molar-refractivity contribution in [3.8, 4) is 23.3 Å². The van der Waals surface area contributed by atoms with Gasteiger partial charge in [0.25, 0.3) is 5.91 Å². The van der Waals surface area contributed by atoms with Crippen molar-refractivity contribution in [1.82, 2.24) is 5.32 Å². The number of nitrogens with two attached hydrogens (primary N) is 1. The van der Waals surface area contributed by atoms with E-state index in [4.69, 9.17) is 15.7 Å². The number of amides is 1. The van der Waals surface area contributed by atoms with Gasteiger partial charge < -0.3 is 20.9 Å². The summed E-state index contributed by atoms with van der Waals surface area (Å²) in [5.41, 5.74) is 4.50. The molecule has 0 bridgehead atoms. The van der Waals surface area contributed by atoms with Crippen LogP contribution >= 0.6 is 11.8 Å². The van der Waals surface area contributed by atoms with Gasteiger partial charge in [-0.1, -0.05) is 6.07 Å². The SMILES string of the molecule is N#Cc1ccc(Oc2ccc(/C=C3\SC(NCCN)=NC3=O)cc2O)c(C(F)(F)F)c1. The number of halogens is 3. The van der Waals surface area contributed by atoms with Gasteiger partial charge in [0.1, 0.15) is 5.75 Å². The summed E-state index contributed by atoms with van der Waals surface area (Å²) in [5.74, 6) is -1.66. The molecule has 0 saturated heterocycles. The Bertz CT molecular complexity index is 1120. The van der Waals surface area contributed by atoms with Crippen LogP contribution in [0.4, 0.5) is 13.2 Å². The molecule has 7 nitrogen and oxygen atoms in total. The standard InChI is InChI=1S/C20H15F3N4O3S/c21-20(22,23)13-7-12(10-25)2-3-15(13)30-16-4-1-11(8-14(16)28)9-17-18(29)27-19(31-17)26-6-5-24/h1-4,7-9,28H,5-6,24H2,(H,26,27,29)/b17-9-. The molecule has 2 aromatic rings. The van der Waals surface area contributed by atoms with Gasteiger partial charge in [0.05, 0.1) is 22.1 Å². The third kappa shape index (κ3) is 5.36. The van der Waals surface area contributed by atoms with Crippen LogP contribution in [-0.4, -0.2) is 29.3 Å². The van der Waals surface area contributed by atoms with Gasteiger partial charge in [0.15, 0.2) is 16.7 Å². The second-order valence-electron chi connectivity index (χ2n) is 6.20. The van der Waals surface area contributed by atoms with Gasteiger partial charge in [-0.15, -0.1) is 0 Å².